The smallest absolute Gasteiger partial charge is 0.160 e. The van der Waals surface area contributed by atoms with Gasteiger partial charge in [-0.1, -0.05) is 97.1 Å². The molecule has 4 heteroatoms. The summed E-state index contributed by atoms with van der Waals surface area (Å²) >= 11 is 0. The van der Waals surface area contributed by atoms with Gasteiger partial charge in [-0.15, -0.1) is 0 Å². The summed E-state index contributed by atoms with van der Waals surface area (Å²) in [5, 5.41) is 17.4. The van der Waals surface area contributed by atoms with E-state index in [-0.39, 0.29) is 0 Å². The number of fused-ring (bicyclic) bond motifs is 10. The van der Waals surface area contributed by atoms with E-state index in [0.29, 0.717) is 5.56 Å². The molecule has 3 heterocycles. The quantitative estimate of drug-likeness (QED) is 0.203. The van der Waals surface area contributed by atoms with Crippen molar-refractivity contribution in [3.63, 3.8) is 0 Å². The highest BCUT2D eigenvalue weighted by Crippen LogP contribution is 2.41. The van der Waals surface area contributed by atoms with Crippen LogP contribution in [0.1, 0.15) is 5.56 Å². The number of nitrogens with zero attached hydrogens (tertiary/aromatic N) is 3. The van der Waals surface area contributed by atoms with Gasteiger partial charge in [-0.25, -0.2) is 0 Å². The van der Waals surface area contributed by atoms with Crippen LogP contribution in [0.15, 0.2) is 156 Å². The molecule has 0 aliphatic rings. The molecule has 0 radical (unpaired) electrons. The fourth-order valence-electron chi connectivity index (χ4n) is 7.53. The Hall–Kier alpha value is -6.57. The van der Waals surface area contributed by atoms with Crippen molar-refractivity contribution in [3.8, 4) is 28.6 Å². The lowest BCUT2D eigenvalue weighted by atomic mass is 9.99. The molecule has 7 aromatic carbocycles. The summed E-state index contributed by atoms with van der Waals surface area (Å²) < 4.78 is 11.1. The molecular weight excluding hydrogens is 574 g/mol. The standard InChI is InChI=1S/C43H25N3O/c44-26-28-25-30(46-40-18-7-3-14-34(40)36-22-23-37-35-15-4-8-19-41(35)47-43(37)42(36)46)20-21-31(28)27-10-9-11-29(24-27)45-38-16-5-1-12-32(38)33-13-2-6-17-39(33)45/h1-25H. The van der Waals surface area contributed by atoms with E-state index in [1.807, 2.05) is 24.3 Å². The van der Waals surface area contributed by atoms with Gasteiger partial charge in [0, 0.05) is 43.7 Å². The van der Waals surface area contributed by atoms with E-state index < -0.39 is 0 Å². The molecular formula is C43H25N3O. The van der Waals surface area contributed by atoms with Crippen LogP contribution < -0.4 is 0 Å². The molecule has 0 N–H and O–H groups in total. The Morgan fingerprint density at radius 1 is 0.468 bits per heavy atom. The number of aromatic nitrogens is 2. The maximum absolute atomic E-state index is 10.5. The first-order valence-electron chi connectivity index (χ1n) is 15.8. The third-order valence-corrected chi connectivity index (χ3v) is 9.56. The summed E-state index contributed by atoms with van der Waals surface area (Å²) in [6, 6.07) is 55.2. The van der Waals surface area contributed by atoms with Gasteiger partial charge >= 0.3 is 0 Å². The van der Waals surface area contributed by atoms with Gasteiger partial charge in [-0.2, -0.15) is 5.26 Å². The molecule has 0 fully saturated rings. The highest BCUT2D eigenvalue weighted by molar-refractivity contribution is 6.21. The first-order valence-corrected chi connectivity index (χ1v) is 15.8. The maximum atomic E-state index is 10.5. The fraction of sp³-hybridized carbons (Fsp3) is 0. The largest absolute Gasteiger partial charge is 0.454 e. The van der Waals surface area contributed by atoms with Gasteiger partial charge in [0.1, 0.15) is 5.58 Å². The van der Waals surface area contributed by atoms with Crippen LogP contribution in [0, 0.1) is 11.3 Å². The van der Waals surface area contributed by atoms with E-state index in [9.17, 15) is 5.26 Å². The van der Waals surface area contributed by atoms with Crippen molar-refractivity contribution in [3.05, 3.63) is 157 Å². The molecule has 4 nitrogen and oxygen atoms in total. The van der Waals surface area contributed by atoms with Crippen molar-refractivity contribution in [2.75, 3.05) is 0 Å². The van der Waals surface area contributed by atoms with Gasteiger partial charge in [-0.05, 0) is 65.7 Å². The minimum atomic E-state index is 0.615. The van der Waals surface area contributed by atoms with Crippen LogP contribution in [-0.2, 0) is 0 Å². The number of rotatable bonds is 3. The van der Waals surface area contributed by atoms with Crippen molar-refractivity contribution in [1.29, 1.82) is 5.26 Å². The van der Waals surface area contributed by atoms with Crippen LogP contribution in [0.4, 0.5) is 0 Å². The zero-order chi connectivity index (χ0) is 31.1. The minimum absolute atomic E-state index is 0.615. The summed E-state index contributed by atoms with van der Waals surface area (Å²) in [7, 11) is 0. The zero-order valence-electron chi connectivity index (χ0n) is 25.2. The number of benzene rings is 7. The molecule has 0 spiro atoms. The lowest BCUT2D eigenvalue weighted by molar-refractivity contribution is 0.671. The van der Waals surface area contributed by atoms with Crippen molar-refractivity contribution < 1.29 is 4.42 Å². The number of hydrogen-bond acceptors (Lipinski definition) is 2. The first-order chi connectivity index (χ1) is 23.3. The third kappa shape index (κ3) is 3.63. The van der Waals surface area contributed by atoms with E-state index in [1.165, 1.54) is 10.8 Å². The molecule has 218 valence electrons. The molecule has 0 saturated carbocycles. The Morgan fingerprint density at radius 2 is 1.06 bits per heavy atom. The Bertz CT molecular complexity index is 2880. The second kappa shape index (κ2) is 9.71. The van der Waals surface area contributed by atoms with E-state index in [4.69, 9.17) is 4.42 Å². The predicted molar refractivity (Wildman–Crippen MR) is 193 cm³/mol. The normalized spacial score (nSPS) is 11.8. The van der Waals surface area contributed by atoms with Gasteiger partial charge in [-0.3, -0.25) is 0 Å². The van der Waals surface area contributed by atoms with Crippen LogP contribution in [0.2, 0.25) is 0 Å². The maximum Gasteiger partial charge on any atom is 0.160 e. The Balaban J connectivity index is 1.18. The number of hydrogen-bond donors (Lipinski definition) is 0. The van der Waals surface area contributed by atoms with Crippen LogP contribution in [-0.4, -0.2) is 9.13 Å². The van der Waals surface area contributed by atoms with E-state index in [0.717, 1.165) is 77.3 Å². The lowest BCUT2D eigenvalue weighted by Gasteiger charge is -2.13. The summed E-state index contributed by atoms with van der Waals surface area (Å²) in [6.07, 6.45) is 0. The monoisotopic (exact) mass is 599 g/mol. The lowest BCUT2D eigenvalue weighted by Crippen LogP contribution is -1.97. The Morgan fingerprint density at radius 3 is 1.79 bits per heavy atom. The van der Waals surface area contributed by atoms with Crippen LogP contribution >= 0.6 is 0 Å². The van der Waals surface area contributed by atoms with E-state index in [2.05, 4.69) is 143 Å². The predicted octanol–water partition coefficient (Wildman–Crippen LogP) is 11.3. The molecule has 3 aromatic heterocycles. The van der Waals surface area contributed by atoms with Gasteiger partial charge in [0.2, 0.25) is 0 Å². The first kappa shape index (κ1) is 25.7. The second-order valence-electron chi connectivity index (χ2n) is 12.1. The van der Waals surface area contributed by atoms with Crippen LogP contribution in [0.5, 0.6) is 0 Å². The van der Waals surface area contributed by atoms with Crippen LogP contribution in [0.3, 0.4) is 0 Å². The SMILES string of the molecule is N#Cc1cc(-n2c3ccccc3c3ccc4c5ccccc5oc4c32)ccc1-c1cccc(-n2c3ccccc3c3ccccc32)c1. The Labute approximate surface area is 269 Å². The molecule has 10 rings (SSSR count). The molecule has 0 aliphatic heterocycles. The summed E-state index contributed by atoms with van der Waals surface area (Å²) in [6.45, 7) is 0. The molecule has 0 atom stereocenters. The van der Waals surface area contributed by atoms with Crippen molar-refractivity contribution in [2.45, 2.75) is 0 Å². The highest BCUT2D eigenvalue weighted by atomic mass is 16.3. The van der Waals surface area contributed by atoms with Gasteiger partial charge in [0.15, 0.2) is 5.58 Å². The highest BCUT2D eigenvalue weighted by Gasteiger charge is 2.20. The van der Waals surface area contributed by atoms with Gasteiger partial charge < -0.3 is 13.6 Å². The van der Waals surface area contributed by atoms with Gasteiger partial charge in [0.05, 0.1) is 33.7 Å². The fourth-order valence-corrected chi connectivity index (χ4v) is 7.53. The zero-order valence-corrected chi connectivity index (χ0v) is 25.2. The number of nitriles is 1. The number of para-hydroxylation sites is 4. The number of furan rings is 1. The Kier molecular flexibility index (Phi) is 5.32. The molecule has 0 bridgehead atoms. The van der Waals surface area contributed by atoms with Gasteiger partial charge in [0.25, 0.3) is 0 Å². The molecule has 47 heavy (non-hydrogen) atoms. The van der Waals surface area contributed by atoms with Crippen molar-refractivity contribution in [2.24, 2.45) is 0 Å². The molecule has 0 aliphatic carbocycles. The van der Waals surface area contributed by atoms with E-state index in [1.54, 1.807) is 0 Å². The van der Waals surface area contributed by atoms with Crippen molar-refractivity contribution in [1.82, 2.24) is 9.13 Å². The summed E-state index contributed by atoms with van der Waals surface area (Å²) in [4.78, 5) is 0. The summed E-state index contributed by atoms with van der Waals surface area (Å²) in [5.41, 5.74) is 10.6. The average molecular weight is 600 g/mol. The third-order valence-electron chi connectivity index (χ3n) is 9.56. The van der Waals surface area contributed by atoms with Crippen molar-refractivity contribution >= 4 is 65.6 Å². The summed E-state index contributed by atoms with van der Waals surface area (Å²) in [5.74, 6) is 0. The molecule has 10 aromatic rings. The molecule has 0 saturated heterocycles. The molecule has 0 amide bonds. The topological polar surface area (TPSA) is 46.8 Å². The second-order valence-corrected chi connectivity index (χ2v) is 12.1. The average Bonchev–Trinajstić information content (AvgIpc) is 3.79. The minimum Gasteiger partial charge on any atom is -0.454 e. The van der Waals surface area contributed by atoms with Crippen LogP contribution in [0.25, 0.3) is 88.1 Å². The molecule has 0 unspecified atom stereocenters. The van der Waals surface area contributed by atoms with E-state index >= 15 is 0 Å².